The minimum Gasteiger partial charge on any atom is -0.478 e. The van der Waals surface area contributed by atoms with Gasteiger partial charge >= 0.3 is 18.1 Å². The lowest BCUT2D eigenvalue weighted by molar-refractivity contribution is -0.192. The molecule has 2 fully saturated rings. The van der Waals surface area contributed by atoms with Crippen LogP contribution in [0.15, 0.2) is 29.3 Å². The number of hydrogen-bond donors (Lipinski definition) is 3. The molecule has 12 nitrogen and oxygen atoms in total. The first-order valence-corrected chi connectivity index (χ1v) is 12.3. The molecular weight excluding hydrogens is 527 g/mol. The molecular formula is C24H34F3N5O7. The summed E-state index contributed by atoms with van der Waals surface area (Å²) in [6, 6.07) is 6.63. The van der Waals surface area contributed by atoms with Crippen LogP contribution in [0.5, 0.6) is 0 Å². The first-order valence-electron chi connectivity index (χ1n) is 12.3. The maximum atomic E-state index is 12.5. The van der Waals surface area contributed by atoms with Crippen LogP contribution in [0.3, 0.4) is 0 Å². The molecule has 0 aromatic heterocycles. The molecule has 15 heteroatoms. The van der Waals surface area contributed by atoms with Crippen molar-refractivity contribution in [3.63, 3.8) is 0 Å². The van der Waals surface area contributed by atoms with E-state index in [4.69, 9.17) is 29.5 Å². The zero-order valence-corrected chi connectivity index (χ0v) is 21.7. The first kappa shape index (κ1) is 31.8. The lowest BCUT2D eigenvalue weighted by atomic mass is 10.2. The van der Waals surface area contributed by atoms with Gasteiger partial charge in [-0.2, -0.15) is 13.2 Å². The number of methoxy groups -OCH3 is 1. The van der Waals surface area contributed by atoms with E-state index in [1.165, 1.54) is 0 Å². The number of nitrogens with one attached hydrogen (secondary N) is 1. The number of benzene rings is 1. The fourth-order valence-electron chi connectivity index (χ4n) is 3.66. The second kappa shape index (κ2) is 15.9. The number of carboxylic acids is 2. The van der Waals surface area contributed by atoms with Gasteiger partial charge in [0, 0.05) is 65.2 Å². The molecule has 2 aliphatic rings. The van der Waals surface area contributed by atoms with Crippen LogP contribution in [-0.4, -0.2) is 134 Å². The number of ether oxygens (including phenoxy) is 2. The van der Waals surface area contributed by atoms with Crippen LogP contribution in [0.1, 0.15) is 16.8 Å². The Kier molecular flexibility index (Phi) is 12.9. The molecule has 0 saturated carbocycles. The van der Waals surface area contributed by atoms with E-state index in [-0.39, 0.29) is 11.5 Å². The average Bonchev–Trinajstić information content (AvgIpc) is 2.91. The molecule has 0 radical (unpaired) electrons. The molecule has 1 amide bonds. The van der Waals surface area contributed by atoms with Gasteiger partial charge in [-0.15, -0.1) is 0 Å². The predicted molar refractivity (Wildman–Crippen MR) is 135 cm³/mol. The number of carbonyl (C=O) groups is 3. The number of rotatable bonds is 8. The monoisotopic (exact) mass is 561 g/mol. The molecule has 39 heavy (non-hydrogen) atoms. The van der Waals surface area contributed by atoms with E-state index in [1.54, 1.807) is 31.4 Å². The Bertz CT molecular complexity index is 962. The van der Waals surface area contributed by atoms with Crippen molar-refractivity contribution in [2.24, 2.45) is 4.99 Å². The van der Waals surface area contributed by atoms with Gasteiger partial charge in [0.25, 0.3) is 0 Å². The van der Waals surface area contributed by atoms with Crippen LogP contribution in [-0.2, 0) is 19.1 Å². The fraction of sp³-hybridized carbons (Fsp3) is 0.583. The van der Waals surface area contributed by atoms with Crippen LogP contribution < -0.4 is 5.32 Å². The highest BCUT2D eigenvalue weighted by Crippen LogP contribution is 2.14. The van der Waals surface area contributed by atoms with Crippen molar-refractivity contribution in [2.75, 3.05) is 84.6 Å². The maximum absolute atomic E-state index is 12.5. The zero-order chi connectivity index (χ0) is 28.8. The summed E-state index contributed by atoms with van der Waals surface area (Å²) in [7, 11) is 1.67. The Morgan fingerprint density at radius 2 is 1.59 bits per heavy atom. The Labute approximate surface area is 224 Å². The molecule has 2 saturated heterocycles. The van der Waals surface area contributed by atoms with Gasteiger partial charge < -0.3 is 34.8 Å². The number of hydrogen-bond acceptors (Lipinski definition) is 7. The molecule has 3 N–H and O–H groups in total. The summed E-state index contributed by atoms with van der Waals surface area (Å²) >= 11 is 0. The van der Waals surface area contributed by atoms with Crippen molar-refractivity contribution in [3.05, 3.63) is 29.8 Å². The standard InChI is InChI=1S/C22H33N5O5.C2HF3O2/c1-31-14-2-7-23-22(24-19-5-3-18(4-6-19)21(29)30)27-10-8-25(9-11-27)17-20(28)26-12-15-32-16-13-26;3-2(4,5)1(6)7/h3-6H,2,7-17H2,1H3,(H,23,24)(H,29,30);(H,6,7). The van der Waals surface area contributed by atoms with Crippen LogP contribution >= 0.6 is 0 Å². The van der Waals surface area contributed by atoms with Gasteiger partial charge in [0.1, 0.15) is 0 Å². The predicted octanol–water partition coefficient (Wildman–Crippen LogP) is 1.30. The molecule has 0 unspecified atom stereocenters. The zero-order valence-electron chi connectivity index (χ0n) is 21.7. The Hall–Kier alpha value is -3.43. The average molecular weight is 562 g/mol. The number of aliphatic imine (C=N–C) groups is 1. The van der Waals surface area contributed by atoms with Crippen molar-refractivity contribution in [1.82, 2.24) is 14.7 Å². The summed E-state index contributed by atoms with van der Waals surface area (Å²) in [4.78, 5) is 43.5. The van der Waals surface area contributed by atoms with Gasteiger partial charge in [-0.25, -0.2) is 9.59 Å². The van der Waals surface area contributed by atoms with Crippen LogP contribution in [0.4, 0.5) is 18.9 Å². The number of alkyl halides is 3. The number of piperazine rings is 1. The Balaban J connectivity index is 0.000000673. The summed E-state index contributed by atoms with van der Waals surface area (Å²) in [6.45, 7) is 7.30. The molecule has 0 aliphatic carbocycles. The first-order chi connectivity index (χ1) is 18.5. The summed E-state index contributed by atoms with van der Waals surface area (Å²) in [5.74, 6) is -2.80. The van der Waals surface area contributed by atoms with E-state index in [9.17, 15) is 22.8 Å². The number of anilines is 1. The minimum absolute atomic E-state index is 0.159. The molecule has 0 atom stereocenters. The SMILES string of the molecule is COCCCN=C(Nc1ccc(C(=O)O)cc1)N1CCN(CC(=O)N2CCOCC2)CC1.O=C(O)C(F)(F)F. The minimum atomic E-state index is -5.08. The smallest absolute Gasteiger partial charge is 0.478 e. The third-order valence-electron chi connectivity index (χ3n) is 5.79. The number of carboxylic acid groups (broad SMARTS) is 2. The largest absolute Gasteiger partial charge is 0.490 e. The van der Waals surface area contributed by atoms with Crippen LogP contribution in [0.2, 0.25) is 0 Å². The van der Waals surface area contributed by atoms with E-state index in [1.807, 2.05) is 4.90 Å². The number of nitrogens with zero attached hydrogens (tertiary/aromatic N) is 4. The molecule has 2 heterocycles. The molecule has 218 valence electrons. The second-order valence-corrected chi connectivity index (χ2v) is 8.62. The third kappa shape index (κ3) is 11.5. The molecule has 0 bridgehead atoms. The molecule has 0 spiro atoms. The van der Waals surface area contributed by atoms with Crippen LogP contribution in [0, 0.1) is 0 Å². The van der Waals surface area contributed by atoms with E-state index in [0.717, 1.165) is 44.2 Å². The van der Waals surface area contributed by atoms with Crippen LogP contribution in [0.25, 0.3) is 0 Å². The lowest BCUT2D eigenvalue weighted by Gasteiger charge is -2.37. The van der Waals surface area contributed by atoms with Crippen molar-refractivity contribution < 1.29 is 47.2 Å². The van der Waals surface area contributed by atoms with Gasteiger partial charge in [0.05, 0.1) is 25.3 Å². The van der Waals surface area contributed by atoms with E-state index in [0.29, 0.717) is 46.0 Å². The molecule has 2 aliphatic heterocycles. The van der Waals surface area contributed by atoms with Gasteiger partial charge in [-0.05, 0) is 30.7 Å². The highest BCUT2D eigenvalue weighted by Gasteiger charge is 2.38. The number of aliphatic carboxylic acids is 1. The normalized spacial score (nSPS) is 16.8. The quantitative estimate of drug-likeness (QED) is 0.241. The Morgan fingerprint density at radius 1 is 1.00 bits per heavy atom. The van der Waals surface area contributed by atoms with Crippen molar-refractivity contribution >= 4 is 29.5 Å². The summed E-state index contributed by atoms with van der Waals surface area (Å²) in [5.41, 5.74) is 1.03. The summed E-state index contributed by atoms with van der Waals surface area (Å²) in [6.07, 6.45) is -4.27. The number of morpholine rings is 1. The second-order valence-electron chi connectivity index (χ2n) is 8.62. The highest BCUT2D eigenvalue weighted by molar-refractivity contribution is 5.94. The number of carbonyl (C=O) groups excluding carboxylic acids is 1. The lowest BCUT2D eigenvalue weighted by Crippen LogP contribution is -2.53. The number of halogens is 3. The summed E-state index contributed by atoms with van der Waals surface area (Å²) in [5, 5.41) is 19.6. The highest BCUT2D eigenvalue weighted by atomic mass is 19.4. The van der Waals surface area contributed by atoms with Crippen molar-refractivity contribution in [3.8, 4) is 0 Å². The van der Waals surface area contributed by atoms with E-state index < -0.39 is 18.1 Å². The number of amides is 1. The molecule has 1 aromatic carbocycles. The van der Waals surface area contributed by atoms with Gasteiger partial charge in [0.15, 0.2) is 5.96 Å². The van der Waals surface area contributed by atoms with E-state index >= 15 is 0 Å². The summed E-state index contributed by atoms with van der Waals surface area (Å²) < 4.78 is 42.2. The van der Waals surface area contributed by atoms with Crippen molar-refractivity contribution in [2.45, 2.75) is 12.6 Å². The number of aromatic carboxylic acids is 1. The molecule has 1 aromatic rings. The van der Waals surface area contributed by atoms with Gasteiger partial charge in [-0.3, -0.25) is 14.7 Å². The fourth-order valence-corrected chi connectivity index (χ4v) is 3.66. The van der Waals surface area contributed by atoms with E-state index in [2.05, 4.69) is 15.1 Å². The van der Waals surface area contributed by atoms with Gasteiger partial charge in [0.2, 0.25) is 5.91 Å². The topological polar surface area (TPSA) is 144 Å². The third-order valence-corrected chi connectivity index (χ3v) is 5.79. The molecule has 3 rings (SSSR count). The van der Waals surface area contributed by atoms with Crippen molar-refractivity contribution in [1.29, 1.82) is 0 Å². The maximum Gasteiger partial charge on any atom is 0.490 e. The Morgan fingerprint density at radius 3 is 2.10 bits per heavy atom. The van der Waals surface area contributed by atoms with Gasteiger partial charge in [-0.1, -0.05) is 0 Å². The number of guanidine groups is 1.